The lowest BCUT2D eigenvalue weighted by Gasteiger charge is -2.47. The van der Waals surface area contributed by atoms with E-state index < -0.39 is 0 Å². The molecule has 8 nitrogen and oxygen atoms in total. The molecule has 0 aromatic carbocycles. The molecule has 27 heavy (non-hydrogen) atoms. The van der Waals surface area contributed by atoms with Gasteiger partial charge < -0.3 is 14.1 Å². The molecule has 2 fully saturated rings. The fourth-order valence-corrected chi connectivity index (χ4v) is 4.09. The molecule has 2 aromatic rings. The molecular formula is C19H27N5O3. The second kappa shape index (κ2) is 7.44. The van der Waals surface area contributed by atoms with Crippen molar-refractivity contribution in [3.05, 3.63) is 35.8 Å². The van der Waals surface area contributed by atoms with Crippen LogP contribution in [-0.4, -0.2) is 68.9 Å². The van der Waals surface area contributed by atoms with Crippen molar-refractivity contribution >= 4 is 5.91 Å². The molecule has 1 spiro atoms. The van der Waals surface area contributed by atoms with E-state index >= 15 is 0 Å². The fraction of sp³-hybridized carbons (Fsp3) is 0.632. The Kier molecular flexibility index (Phi) is 5.01. The average molecular weight is 373 g/mol. The van der Waals surface area contributed by atoms with Crippen LogP contribution in [0.25, 0.3) is 0 Å². The molecular weight excluding hydrogens is 346 g/mol. The first-order valence-electron chi connectivity index (χ1n) is 9.66. The lowest BCUT2D eigenvalue weighted by molar-refractivity contribution is -0.128. The standard InChI is InChI=1S/C19H27N5O3/c1-3-24-17(20-14-21-24)12-22-7-5-19(6-8-22)13-23(9-11-27-19)18(25)16-4-10-26-15(16)2/h4,10,14H,3,5-9,11-13H2,1-2H3. The molecule has 0 N–H and O–H groups in total. The van der Waals surface area contributed by atoms with Gasteiger partial charge in [-0.05, 0) is 32.8 Å². The van der Waals surface area contributed by atoms with Gasteiger partial charge in [0.15, 0.2) is 0 Å². The Morgan fingerprint density at radius 3 is 2.81 bits per heavy atom. The minimum atomic E-state index is -0.236. The van der Waals surface area contributed by atoms with E-state index in [-0.39, 0.29) is 11.5 Å². The van der Waals surface area contributed by atoms with Gasteiger partial charge >= 0.3 is 0 Å². The summed E-state index contributed by atoms with van der Waals surface area (Å²) in [6.07, 6.45) is 5.03. The van der Waals surface area contributed by atoms with Gasteiger partial charge in [0.1, 0.15) is 17.9 Å². The first kappa shape index (κ1) is 18.2. The zero-order valence-electron chi connectivity index (χ0n) is 16.1. The van der Waals surface area contributed by atoms with Crippen LogP contribution in [0.4, 0.5) is 0 Å². The van der Waals surface area contributed by atoms with Crippen LogP contribution in [0.5, 0.6) is 0 Å². The lowest BCUT2D eigenvalue weighted by Crippen LogP contribution is -2.58. The predicted molar refractivity (Wildman–Crippen MR) is 98.2 cm³/mol. The second-order valence-corrected chi connectivity index (χ2v) is 7.42. The Morgan fingerprint density at radius 1 is 1.30 bits per heavy atom. The van der Waals surface area contributed by atoms with Crippen molar-refractivity contribution in [2.45, 2.75) is 45.4 Å². The number of hydrogen-bond donors (Lipinski definition) is 0. The Balaban J connectivity index is 1.37. The van der Waals surface area contributed by atoms with Gasteiger partial charge in [-0.3, -0.25) is 9.69 Å². The number of nitrogens with zero attached hydrogens (tertiary/aromatic N) is 5. The Morgan fingerprint density at radius 2 is 2.11 bits per heavy atom. The maximum Gasteiger partial charge on any atom is 0.257 e. The van der Waals surface area contributed by atoms with E-state index in [9.17, 15) is 4.79 Å². The Labute approximate surface area is 159 Å². The van der Waals surface area contributed by atoms with Gasteiger partial charge in [-0.1, -0.05) is 0 Å². The van der Waals surface area contributed by atoms with Crippen LogP contribution >= 0.6 is 0 Å². The SMILES string of the molecule is CCn1ncnc1CN1CCC2(CC1)CN(C(=O)c1ccoc1C)CCO2. The van der Waals surface area contributed by atoms with Gasteiger partial charge in [0.25, 0.3) is 5.91 Å². The fourth-order valence-electron chi connectivity index (χ4n) is 4.09. The van der Waals surface area contributed by atoms with E-state index in [1.54, 1.807) is 18.7 Å². The number of piperidine rings is 1. The van der Waals surface area contributed by atoms with Gasteiger partial charge in [-0.25, -0.2) is 9.67 Å². The number of hydrogen-bond acceptors (Lipinski definition) is 6. The number of carbonyl (C=O) groups is 1. The summed E-state index contributed by atoms with van der Waals surface area (Å²) in [5.74, 6) is 1.73. The van der Waals surface area contributed by atoms with E-state index in [1.807, 2.05) is 16.5 Å². The first-order chi connectivity index (χ1) is 13.1. The third-order valence-corrected chi connectivity index (χ3v) is 5.75. The smallest absolute Gasteiger partial charge is 0.257 e. The van der Waals surface area contributed by atoms with Crippen molar-refractivity contribution in [3.8, 4) is 0 Å². The third kappa shape index (κ3) is 3.64. The zero-order chi connectivity index (χ0) is 18.9. The average Bonchev–Trinajstić information content (AvgIpc) is 3.32. The summed E-state index contributed by atoms with van der Waals surface area (Å²) < 4.78 is 13.4. The molecule has 4 rings (SSSR count). The maximum atomic E-state index is 12.8. The summed E-state index contributed by atoms with van der Waals surface area (Å²) in [5.41, 5.74) is 0.420. The van der Waals surface area contributed by atoms with Crippen molar-refractivity contribution in [1.82, 2.24) is 24.6 Å². The highest BCUT2D eigenvalue weighted by Gasteiger charge is 2.41. The number of aromatic nitrogens is 3. The molecule has 0 bridgehead atoms. The summed E-state index contributed by atoms with van der Waals surface area (Å²) in [5, 5.41) is 4.25. The molecule has 2 saturated heterocycles. The number of morpholine rings is 1. The Hall–Kier alpha value is -2.19. The summed E-state index contributed by atoms with van der Waals surface area (Å²) in [7, 11) is 0. The summed E-state index contributed by atoms with van der Waals surface area (Å²) >= 11 is 0. The van der Waals surface area contributed by atoms with Crippen LogP contribution in [0.1, 0.15) is 41.7 Å². The number of amides is 1. The quantitative estimate of drug-likeness (QED) is 0.812. The number of furan rings is 1. The number of ether oxygens (including phenoxy) is 1. The van der Waals surface area contributed by atoms with Gasteiger partial charge in [0.2, 0.25) is 0 Å². The van der Waals surface area contributed by atoms with Crippen molar-refractivity contribution in [1.29, 1.82) is 0 Å². The molecule has 0 saturated carbocycles. The van der Waals surface area contributed by atoms with Crippen LogP contribution in [0, 0.1) is 6.92 Å². The predicted octanol–water partition coefficient (Wildman–Crippen LogP) is 1.71. The lowest BCUT2D eigenvalue weighted by atomic mass is 9.89. The number of rotatable bonds is 4. The van der Waals surface area contributed by atoms with Crippen molar-refractivity contribution < 1.29 is 13.9 Å². The summed E-state index contributed by atoms with van der Waals surface area (Å²) in [4.78, 5) is 21.5. The van der Waals surface area contributed by atoms with Crippen LogP contribution < -0.4 is 0 Å². The first-order valence-corrected chi connectivity index (χ1v) is 9.66. The molecule has 0 atom stereocenters. The van der Waals surface area contributed by atoms with Gasteiger partial charge in [0.05, 0.1) is 37.1 Å². The maximum absolute atomic E-state index is 12.8. The van der Waals surface area contributed by atoms with E-state index in [0.717, 1.165) is 44.8 Å². The molecule has 0 aliphatic carbocycles. The summed E-state index contributed by atoms with van der Waals surface area (Å²) in [6.45, 7) is 9.29. The third-order valence-electron chi connectivity index (χ3n) is 5.75. The summed E-state index contributed by atoms with van der Waals surface area (Å²) in [6, 6.07) is 1.76. The van der Waals surface area contributed by atoms with Crippen LogP contribution in [-0.2, 0) is 17.8 Å². The minimum absolute atomic E-state index is 0.0439. The highest BCUT2D eigenvalue weighted by Crippen LogP contribution is 2.31. The molecule has 0 unspecified atom stereocenters. The van der Waals surface area contributed by atoms with Gasteiger partial charge in [-0.15, -0.1) is 0 Å². The van der Waals surface area contributed by atoms with Crippen molar-refractivity contribution in [2.75, 3.05) is 32.8 Å². The highest BCUT2D eigenvalue weighted by atomic mass is 16.5. The number of carbonyl (C=O) groups excluding carboxylic acids is 1. The van der Waals surface area contributed by atoms with Crippen molar-refractivity contribution in [2.24, 2.45) is 0 Å². The van der Waals surface area contributed by atoms with Crippen LogP contribution in [0.15, 0.2) is 23.1 Å². The normalized spacial score (nSPS) is 20.3. The van der Waals surface area contributed by atoms with Gasteiger partial charge in [-0.2, -0.15) is 5.10 Å². The molecule has 1 amide bonds. The molecule has 2 aromatic heterocycles. The molecule has 0 radical (unpaired) electrons. The van der Waals surface area contributed by atoms with Crippen LogP contribution in [0.2, 0.25) is 0 Å². The number of aryl methyl sites for hydroxylation is 2. The van der Waals surface area contributed by atoms with E-state index in [4.69, 9.17) is 9.15 Å². The van der Waals surface area contributed by atoms with E-state index in [0.29, 0.717) is 31.0 Å². The molecule has 4 heterocycles. The molecule has 2 aliphatic heterocycles. The zero-order valence-corrected chi connectivity index (χ0v) is 16.1. The van der Waals surface area contributed by atoms with E-state index in [1.165, 1.54) is 0 Å². The molecule has 146 valence electrons. The van der Waals surface area contributed by atoms with Crippen LogP contribution in [0.3, 0.4) is 0 Å². The highest BCUT2D eigenvalue weighted by molar-refractivity contribution is 5.95. The molecule has 8 heteroatoms. The second-order valence-electron chi connectivity index (χ2n) is 7.42. The largest absolute Gasteiger partial charge is 0.469 e. The monoisotopic (exact) mass is 373 g/mol. The van der Waals surface area contributed by atoms with Gasteiger partial charge in [0, 0.05) is 26.2 Å². The van der Waals surface area contributed by atoms with E-state index in [2.05, 4.69) is 21.9 Å². The van der Waals surface area contributed by atoms with Crippen molar-refractivity contribution in [3.63, 3.8) is 0 Å². The molecule has 2 aliphatic rings. The topological polar surface area (TPSA) is 76.6 Å². The Bertz CT molecular complexity index is 791. The number of likely N-dealkylation sites (tertiary alicyclic amines) is 1. The minimum Gasteiger partial charge on any atom is -0.469 e.